The van der Waals surface area contributed by atoms with E-state index in [4.69, 9.17) is 14.6 Å². The van der Waals surface area contributed by atoms with Crippen LogP contribution in [0, 0.1) is 0 Å². The van der Waals surface area contributed by atoms with E-state index in [1.807, 2.05) is 89.6 Å². The molecule has 1 aliphatic heterocycles. The molecule has 0 unspecified atom stereocenters. The molecule has 1 amide bonds. The standard InChI is InChI=1S/C27H26N4O3/c1-30(18-26(32)28-15-20-12-13-24-25(14-20)34-19-33-24)16-22-17-31(23-10-6-3-7-11-23)29-27(22)21-8-4-2-5-9-21/h2-14,17H,15-16,18-19H2,1H3,(H,28,32). The second-order valence-electron chi connectivity index (χ2n) is 8.29. The zero-order chi connectivity index (χ0) is 23.3. The lowest BCUT2D eigenvalue weighted by Gasteiger charge is -2.16. The molecule has 1 aromatic heterocycles. The molecule has 1 N–H and O–H groups in total. The van der Waals surface area contributed by atoms with Gasteiger partial charge in [0.05, 0.1) is 17.9 Å². The van der Waals surface area contributed by atoms with Crippen LogP contribution in [0.15, 0.2) is 85.1 Å². The fraction of sp³-hybridized carbons (Fsp3) is 0.185. The number of carbonyl (C=O) groups excluding carboxylic acids is 1. The van der Waals surface area contributed by atoms with Crippen LogP contribution in [0.1, 0.15) is 11.1 Å². The van der Waals surface area contributed by atoms with Crippen LogP contribution in [0.2, 0.25) is 0 Å². The average molecular weight is 455 g/mol. The summed E-state index contributed by atoms with van der Waals surface area (Å²) < 4.78 is 12.6. The van der Waals surface area contributed by atoms with E-state index in [2.05, 4.69) is 17.4 Å². The molecule has 2 heterocycles. The fourth-order valence-corrected chi connectivity index (χ4v) is 3.98. The summed E-state index contributed by atoms with van der Waals surface area (Å²) in [4.78, 5) is 14.6. The molecule has 0 aliphatic carbocycles. The minimum atomic E-state index is -0.0446. The first kappa shape index (κ1) is 21.7. The predicted molar refractivity (Wildman–Crippen MR) is 130 cm³/mol. The third kappa shape index (κ3) is 4.94. The van der Waals surface area contributed by atoms with Crippen LogP contribution < -0.4 is 14.8 Å². The van der Waals surface area contributed by atoms with Crippen LogP contribution in [0.3, 0.4) is 0 Å². The highest BCUT2D eigenvalue weighted by atomic mass is 16.7. The van der Waals surface area contributed by atoms with Gasteiger partial charge in [-0.2, -0.15) is 5.10 Å². The Bertz CT molecular complexity index is 1270. The van der Waals surface area contributed by atoms with Crippen LogP contribution >= 0.6 is 0 Å². The van der Waals surface area contributed by atoms with Crippen molar-refractivity contribution in [3.8, 4) is 28.4 Å². The first-order valence-electron chi connectivity index (χ1n) is 11.2. The molecular weight excluding hydrogens is 428 g/mol. The summed E-state index contributed by atoms with van der Waals surface area (Å²) in [7, 11) is 1.94. The molecule has 7 nitrogen and oxygen atoms in total. The third-order valence-corrected chi connectivity index (χ3v) is 5.64. The molecule has 0 saturated carbocycles. The number of nitrogens with zero attached hydrogens (tertiary/aromatic N) is 3. The number of hydrogen-bond acceptors (Lipinski definition) is 5. The van der Waals surface area contributed by atoms with E-state index < -0.39 is 0 Å². The van der Waals surface area contributed by atoms with E-state index in [1.54, 1.807) is 0 Å². The summed E-state index contributed by atoms with van der Waals surface area (Å²) in [5.74, 6) is 1.41. The minimum Gasteiger partial charge on any atom is -0.454 e. The maximum absolute atomic E-state index is 12.6. The maximum Gasteiger partial charge on any atom is 0.234 e. The van der Waals surface area contributed by atoms with Crippen molar-refractivity contribution in [2.24, 2.45) is 0 Å². The van der Waals surface area contributed by atoms with Crippen molar-refractivity contribution < 1.29 is 14.3 Å². The number of likely N-dealkylation sites (N-methyl/N-ethyl adjacent to an activating group) is 1. The summed E-state index contributed by atoms with van der Waals surface area (Å²) in [6.45, 7) is 1.54. The van der Waals surface area contributed by atoms with Gasteiger partial charge in [0.25, 0.3) is 0 Å². The lowest BCUT2D eigenvalue weighted by molar-refractivity contribution is -0.122. The summed E-state index contributed by atoms with van der Waals surface area (Å²) in [5.41, 5.74) is 4.98. The SMILES string of the molecule is CN(CC(=O)NCc1ccc2c(c1)OCO2)Cc1cn(-c2ccccc2)nc1-c1ccccc1. The number of carbonyl (C=O) groups is 1. The second-order valence-corrected chi connectivity index (χ2v) is 8.29. The molecule has 0 atom stereocenters. The Morgan fingerprint density at radius 2 is 1.74 bits per heavy atom. The lowest BCUT2D eigenvalue weighted by Crippen LogP contribution is -2.34. The molecule has 7 heteroatoms. The van der Waals surface area contributed by atoms with Crippen LogP contribution in [0.25, 0.3) is 16.9 Å². The Kier molecular flexibility index (Phi) is 6.27. The number of para-hydroxylation sites is 1. The summed E-state index contributed by atoms with van der Waals surface area (Å²) in [6, 6.07) is 25.8. The Labute approximate surface area is 198 Å². The second kappa shape index (κ2) is 9.80. The lowest BCUT2D eigenvalue weighted by atomic mass is 10.1. The Hall–Kier alpha value is -4.10. The highest BCUT2D eigenvalue weighted by molar-refractivity contribution is 5.78. The van der Waals surface area contributed by atoms with Gasteiger partial charge in [-0.1, -0.05) is 54.6 Å². The molecule has 5 rings (SSSR count). The number of nitrogens with one attached hydrogen (secondary N) is 1. The minimum absolute atomic E-state index is 0.0446. The zero-order valence-corrected chi connectivity index (χ0v) is 19.0. The van der Waals surface area contributed by atoms with Crippen molar-refractivity contribution in [2.75, 3.05) is 20.4 Å². The van der Waals surface area contributed by atoms with Crippen molar-refractivity contribution in [3.05, 3.63) is 96.2 Å². The Morgan fingerprint density at radius 1 is 1.00 bits per heavy atom. The van der Waals surface area contributed by atoms with E-state index in [-0.39, 0.29) is 19.2 Å². The molecule has 0 fully saturated rings. The Morgan fingerprint density at radius 3 is 2.53 bits per heavy atom. The fourth-order valence-electron chi connectivity index (χ4n) is 3.98. The van der Waals surface area contributed by atoms with E-state index in [9.17, 15) is 4.79 Å². The molecule has 0 spiro atoms. The third-order valence-electron chi connectivity index (χ3n) is 5.64. The summed E-state index contributed by atoms with van der Waals surface area (Å²) in [6.07, 6.45) is 2.04. The number of aromatic nitrogens is 2. The first-order valence-corrected chi connectivity index (χ1v) is 11.2. The van der Waals surface area contributed by atoms with Gasteiger partial charge in [-0.05, 0) is 36.9 Å². The number of ether oxygens (including phenoxy) is 2. The van der Waals surface area contributed by atoms with Gasteiger partial charge in [-0.3, -0.25) is 9.69 Å². The van der Waals surface area contributed by atoms with E-state index in [1.165, 1.54) is 0 Å². The Balaban J connectivity index is 1.25. The first-order chi connectivity index (χ1) is 16.7. The molecule has 34 heavy (non-hydrogen) atoms. The van der Waals surface area contributed by atoms with Gasteiger partial charge < -0.3 is 14.8 Å². The van der Waals surface area contributed by atoms with E-state index in [0.717, 1.165) is 33.8 Å². The van der Waals surface area contributed by atoms with Crippen molar-refractivity contribution in [3.63, 3.8) is 0 Å². The number of rotatable bonds is 8. The van der Waals surface area contributed by atoms with Gasteiger partial charge in [0.15, 0.2) is 11.5 Å². The molecule has 4 aromatic rings. The maximum atomic E-state index is 12.6. The largest absolute Gasteiger partial charge is 0.454 e. The molecule has 1 aliphatic rings. The van der Waals surface area contributed by atoms with Gasteiger partial charge in [-0.15, -0.1) is 0 Å². The molecule has 0 saturated heterocycles. The highest BCUT2D eigenvalue weighted by Crippen LogP contribution is 2.32. The quantitative estimate of drug-likeness (QED) is 0.436. The van der Waals surface area contributed by atoms with Crippen molar-refractivity contribution in [1.29, 1.82) is 0 Å². The number of benzene rings is 3. The van der Waals surface area contributed by atoms with Crippen molar-refractivity contribution in [1.82, 2.24) is 20.0 Å². The summed E-state index contributed by atoms with van der Waals surface area (Å²) in [5, 5.41) is 7.84. The normalized spacial score (nSPS) is 12.2. The number of fused-ring (bicyclic) bond motifs is 1. The van der Waals surface area contributed by atoms with Gasteiger partial charge in [0.1, 0.15) is 0 Å². The average Bonchev–Trinajstić information content (AvgIpc) is 3.50. The van der Waals surface area contributed by atoms with Gasteiger partial charge in [0.2, 0.25) is 12.7 Å². The van der Waals surface area contributed by atoms with Crippen molar-refractivity contribution >= 4 is 5.91 Å². The molecule has 0 radical (unpaired) electrons. The van der Waals surface area contributed by atoms with Crippen LogP contribution in [0.5, 0.6) is 11.5 Å². The van der Waals surface area contributed by atoms with Gasteiger partial charge in [-0.25, -0.2) is 4.68 Å². The van der Waals surface area contributed by atoms with Gasteiger partial charge in [0, 0.05) is 30.4 Å². The van der Waals surface area contributed by atoms with Crippen LogP contribution in [-0.2, 0) is 17.9 Å². The topological polar surface area (TPSA) is 68.6 Å². The number of hydrogen-bond donors (Lipinski definition) is 1. The van der Waals surface area contributed by atoms with Gasteiger partial charge >= 0.3 is 0 Å². The molecule has 0 bridgehead atoms. The smallest absolute Gasteiger partial charge is 0.234 e. The van der Waals surface area contributed by atoms with E-state index >= 15 is 0 Å². The zero-order valence-electron chi connectivity index (χ0n) is 19.0. The number of amides is 1. The van der Waals surface area contributed by atoms with E-state index in [0.29, 0.717) is 18.8 Å². The summed E-state index contributed by atoms with van der Waals surface area (Å²) >= 11 is 0. The monoisotopic (exact) mass is 454 g/mol. The molecule has 3 aromatic carbocycles. The van der Waals surface area contributed by atoms with Crippen molar-refractivity contribution in [2.45, 2.75) is 13.1 Å². The molecular formula is C27H26N4O3. The molecule has 172 valence electrons. The predicted octanol–water partition coefficient (Wildman–Crippen LogP) is 4.02. The highest BCUT2D eigenvalue weighted by Gasteiger charge is 2.16. The van der Waals surface area contributed by atoms with Crippen LogP contribution in [0.4, 0.5) is 0 Å². The van der Waals surface area contributed by atoms with Crippen LogP contribution in [-0.4, -0.2) is 41.0 Å².